The standard InChI is InChI=1S/C14H17BrN2O2S/c1-7(2)10(6-18)17-14(19)13-12(16)9-4-3-8(15)5-11(9)20-13/h3-5,7,10,18H,6,16H2,1-2H3,(H,17,19). The van der Waals surface area contributed by atoms with Crippen LogP contribution in [0.25, 0.3) is 10.1 Å². The van der Waals surface area contributed by atoms with Crippen LogP contribution in [0.1, 0.15) is 23.5 Å². The minimum absolute atomic E-state index is 0.0836. The van der Waals surface area contributed by atoms with E-state index in [2.05, 4.69) is 21.2 Å². The molecular weight excluding hydrogens is 340 g/mol. The highest BCUT2D eigenvalue weighted by Gasteiger charge is 2.21. The fourth-order valence-electron chi connectivity index (χ4n) is 1.92. The number of fused-ring (bicyclic) bond motifs is 1. The summed E-state index contributed by atoms with van der Waals surface area (Å²) in [4.78, 5) is 12.8. The maximum Gasteiger partial charge on any atom is 0.263 e. The average molecular weight is 357 g/mol. The zero-order chi connectivity index (χ0) is 14.9. The number of hydrogen-bond donors (Lipinski definition) is 3. The molecule has 1 heterocycles. The Bertz CT molecular complexity index is 639. The van der Waals surface area contributed by atoms with Crippen molar-refractivity contribution in [1.82, 2.24) is 5.32 Å². The van der Waals surface area contributed by atoms with Crippen LogP contribution in [-0.2, 0) is 0 Å². The predicted molar refractivity (Wildman–Crippen MR) is 87.1 cm³/mol. The Morgan fingerprint density at radius 3 is 2.80 bits per heavy atom. The van der Waals surface area contributed by atoms with E-state index in [1.807, 2.05) is 32.0 Å². The maximum absolute atomic E-state index is 12.3. The third kappa shape index (κ3) is 2.97. The fraction of sp³-hybridized carbons (Fsp3) is 0.357. The van der Waals surface area contributed by atoms with E-state index >= 15 is 0 Å². The summed E-state index contributed by atoms with van der Waals surface area (Å²) in [5.41, 5.74) is 6.55. The first-order valence-corrected chi connectivity index (χ1v) is 7.94. The van der Waals surface area contributed by atoms with Crippen LogP contribution in [0, 0.1) is 5.92 Å². The summed E-state index contributed by atoms with van der Waals surface area (Å²) in [6.45, 7) is 3.82. The van der Waals surface area contributed by atoms with Crippen LogP contribution in [0.5, 0.6) is 0 Å². The number of hydrogen-bond acceptors (Lipinski definition) is 4. The van der Waals surface area contributed by atoms with Crippen LogP contribution in [0.3, 0.4) is 0 Å². The Kier molecular flexibility index (Phi) is 4.67. The summed E-state index contributed by atoms with van der Waals surface area (Å²) in [5.74, 6) is -0.0683. The normalized spacial score (nSPS) is 12.8. The highest BCUT2D eigenvalue weighted by molar-refractivity contribution is 9.10. The Morgan fingerprint density at radius 1 is 1.50 bits per heavy atom. The molecule has 1 aromatic carbocycles. The lowest BCUT2D eigenvalue weighted by Crippen LogP contribution is -2.41. The lowest BCUT2D eigenvalue weighted by Gasteiger charge is -2.19. The van der Waals surface area contributed by atoms with E-state index in [1.165, 1.54) is 11.3 Å². The second-order valence-corrected chi connectivity index (χ2v) is 6.96. The molecule has 2 rings (SSSR count). The molecule has 0 aliphatic carbocycles. The number of carbonyl (C=O) groups excluding carboxylic acids is 1. The van der Waals surface area contributed by atoms with Gasteiger partial charge in [-0.05, 0) is 18.1 Å². The zero-order valence-electron chi connectivity index (χ0n) is 11.3. The molecule has 0 bridgehead atoms. The predicted octanol–water partition coefficient (Wildman–Crippen LogP) is 2.99. The van der Waals surface area contributed by atoms with Crippen molar-refractivity contribution < 1.29 is 9.90 Å². The van der Waals surface area contributed by atoms with Crippen LogP contribution < -0.4 is 11.1 Å². The second-order valence-electron chi connectivity index (χ2n) is 4.99. The number of amides is 1. The zero-order valence-corrected chi connectivity index (χ0v) is 13.7. The lowest BCUT2D eigenvalue weighted by atomic mass is 10.1. The summed E-state index contributed by atoms with van der Waals surface area (Å²) in [7, 11) is 0. The lowest BCUT2D eigenvalue weighted by molar-refractivity contribution is 0.0902. The third-order valence-electron chi connectivity index (χ3n) is 3.21. The van der Waals surface area contributed by atoms with Crippen LogP contribution in [-0.4, -0.2) is 23.7 Å². The molecule has 0 aliphatic heterocycles. The first-order valence-electron chi connectivity index (χ1n) is 6.33. The van der Waals surface area contributed by atoms with Crippen molar-refractivity contribution in [2.24, 2.45) is 5.92 Å². The fourth-order valence-corrected chi connectivity index (χ4v) is 3.49. The molecule has 1 atom stereocenters. The van der Waals surface area contributed by atoms with Gasteiger partial charge in [-0.3, -0.25) is 4.79 Å². The molecule has 6 heteroatoms. The second kappa shape index (κ2) is 6.11. The summed E-state index contributed by atoms with van der Waals surface area (Å²) >= 11 is 4.77. The monoisotopic (exact) mass is 356 g/mol. The van der Waals surface area contributed by atoms with Gasteiger partial charge in [0.2, 0.25) is 0 Å². The summed E-state index contributed by atoms with van der Waals surface area (Å²) in [6, 6.07) is 5.48. The molecule has 0 aliphatic rings. The van der Waals surface area contributed by atoms with Gasteiger partial charge in [0, 0.05) is 14.6 Å². The maximum atomic E-state index is 12.3. The first kappa shape index (κ1) is 15.3. The van der Waals surface area contributed by atoms with Crippen LogP contribution >= 0.6 is 27.3 Å². The molecule has 0 saturated carbocycles. The Labute approximate surface area is 130 Å². The topological polar surface area (TPSA) is 75.3 Å². The molecule has 108 valence electrons. The van der Waals surface area contributed by atoms with Crippen molar-refractivity contribution in [3.05, 3.63) is 27.5 Å². The van der Waals surface area contributed by atoms with E-state index in [1.54, 1.807) is 0 Å². The molecule has 1 unspecified atom stereocenters. The smallest absolute Gasteiger partial charge is 0.263 e. The van der Waals surface area contributed by atoms with Crippen LogP contribution in [0.15, 0.2) is 22.7 Å². The molecule has 0 spiro atoms. The summed E-state index contributed by atoms with van der Waals surface area (Å²) in [6.07, 6.45) is 0. The minimum Gasteiger partial charge on any atom is -0.397 e. The SMILES string of the molecule is CC(C)C(CO)NC(=O)c1sc2cc(Br)ccc2c1N. The van der Waals surface area contributed by atoms with Gasteiger partial charge in [0.15, 0.2) is 0 Å². The van der Waals surface area contributed by atoms with E-state index < -0.39 is 0 Å². The molecule has 2 aromatic rings. The van der Waals surface area contributed by atoms with Crippen molar-refractivity contribution in [3.63, 3.8) is 0 Å². The quantitative estimate of drug-likeness (QED) is 0.788. The number of thiophene rings is 1. The van der Waals surface area contributed by atoms with Crippen molar-refractivity contribution in [3.8, 4) is 0 Å². The van der Waals surface area contributed by atoms with Crippen molar-refractivity contribution in [2.75, 3.05) is 12.3 Å². The highest BCUT2D eigenvalue weighted by atomic mass is 79.9. The number of carbonyl (C=O) groups is 1. The van der Waals surface area contributed by atoms with E-state index in [9.17, 15) is 9.90 Å². The highest BCUT2D eigenvalue weighted by Crippen LogP contribution is 2.35. The Morgan fingerprint density at radius 2 is 2.20 bits per heavy atom. The minimum atomic E-state index is -0.265. The van der Waals surface area contributed by atoms with Gasteiger partial charge >= 0.3 is 0 Å². The molecule has 4 N–H and O–H groups in total. The van der Waals surface area contributed by atoms with Crippen LogP contribution in [0.2, 0.25) is 0 Å². The van der Waals surface area contributed by atoms with Gasteiger partial charge in [-0.1, -0.05) is 35.8 Å². The van der Waals surface area contributed by atoms with Gasteiger partial charge in [0.25, 0.3) is 5.91 Å². The van der Waals surface area contributed by atoms with E-state index in [4.69, 9.17) is 5.73 Å². The van der Waals surface area contributed by atoms with Crippen molar-refractivity contribution >= 4 is 48.9 Å². The number of nitrogen functional groups attached to an aromatic ring is 1. The van der Waals surface area contributed by atoms with E-state index in [0.29, 0.717) is 10.6 Å². The number of aliphatic hydroxyl groups is 1. The molecule has 0 saturated heterocycles. The van der Waals surface area contributed by atoms with Crippen LogP contribution in [0.4, 0.5) is 5.69 Å². The molecule has 0 fully saturated rings. The largest absolute Gasteiger partial charge is 0.397 e. The molecule has 1 amide bonds. The van der Waals surface area contributed by atoms with Gasteiger partial charge in [0.1, 0.15) is 4.88 Å². The van der Waals surface area contributed by atoms with Crippen molar-refractivity contribution in [2.45, 2.75) is 19.9 Å². The number of aliphatic hydroxyl groups excluding tert-OH is 1. The van der Waals surface area contributed by atoms with Gasteiger partial charge in [-0.15, -0.1) is 11.3 Å². The molecule has 4 nitrogen and oxygen atoms in total. The summed E-state index contributed by atoms with van der Waals surface area (Å²) < 4.78 is 1.92. The molecular formula is C14H17BrN2O2S. The third-order valence-corrected chi connectivity index (χ3v) is 4.87. The number of benzene rings is 1. The number of nitrogens with one attached hydrogen (secondary N) is 1. The summed E-state index contributed by atoms with van der Waals surface area (Å²) in [5, 5.41) is 13.0. The van der Waals surface area contributed by atoms with E-state index in [-0.39, 0.29) is 24.5 Å². The first-order chi connectivity index (χ1) is 9.43. The number of nitrogens with two attached hydrogens (primary N) is 1. The number of anilines is 1. The molecule has 0 radical (unpaired) electrons. The Hall–Kier alpha value is -1.11. The average Bonchev–Trinajstić information content (AvgIpc) is 2.72. The Balaban J connectivity index is 2.33. The van der Waals surface area contributed by atoms with Gasteiger partial charge < -0.3 is 16.2 Å². The molecule has 20 heavy (non-hydrogen) atoms. The van der Waals surface area contributed by atoms with Gasteiger partial charge in [0.05, 0.1) is 18.3 Å². The van der Waals surface area contributed by atoms with Gasteiger partial charge in [-0.2, -0.15) is 0 Å². The van der Waals surface area contributed by atoms with E-state index in [0.717, 1.165) is 14.6 Å². The number of rotatable bonds is 4. The molecule has 1 aromatic heterocycles. The number of halogens is 1. The van der Waals surface area contributed by atoms with Gasteiger partial charge in [-0.25, -0.2) is 0 Å². The van der Waals surface area contributed by atoms with Crippen molar-refractivity contribution in [1.29, 1.82) is 0 Å².